The smallest absolute Gasteiger partial charge is 0.335 e. The van der Waals surface area contributed by atoms with Crippen molar-refractivity contribution in [1.82, 2.24) is 14.7 Å². The van der Waals surface area contributed by atoms with Crippen molar-refractivity contribution in [3.63, 3.8) is 0 Å². The topological polar surface area (TPSA) is 55.2 Å². The van der Waals surface area contributed by atoms with Crippen molar-refractivity contribution in [3.8, 4) is 5.69 Å². The standard InChI is InChI=1S/C23H22F3N3O2/c1-14-8-10-17(11-9-14)13-28(4)22(31)21(30)20-15(2)27-29(16(20)3)19-7-5-6-18(12-19)23(24,25)26/h5-12H,13H2,1-4H3. The number of hydrogen-bond donors (Lipinski definition) is 0. The number of aryl methyl sites for hydroxylation is 2. The summed E-state index contributed by atoms with van der Waals surface area (Å²) in [5.41, 5.74) is 1.98. The lowest BCUT2D eigenvalue weighted by molar-refractivity contribution is -0.137. The molecule has 0 spiro atoms. The van der Waals surface area contributed by atoms with Crippen LogP contribution < -0.4 is 0 Å². The van der Waals surface area contributed by atoms with Crippen LogP contribution in [0.5, 0.6) is 0 Å². The van der Waals surface area contributed by atoms with E-state index in [0.717, 1.165) is 23.3 Å². The summed E-state index contributed by atoms with van der Waals surface area (Å²) in [4.78, 5) is 27.0. The highest BCUT2D eigenvalue weighted by atomic mass is 19.4. The molecule has 3 rings (SSSR count). The molecule has 0 atom stereocenters. The van der Waals surface area contributed by atoms with E-state index in [2.05, 4.69) is 5.10 Å². The van der Waals surface area contributed by atoms with Crippen molar-refractivity contribution in [2.45, 2.75) is 33.5 Å². The molecule has 2 aromatic carbocycles. The molecule has 0 aliphatic carbocycles. The predicted molar refractivity (Wildman–Crippen MR) is 110 cm³/mol. The second kappa shape index (κ2) is 8.37. The average Bonchev–Trinajstić information content (AvgIpc) is 3.02. The molecule has 8 heteroatoms. The second-order valence-corrected chi connectivity index (χ2v) is 7.48. The highest BCUT2D eigenvalue weighted by molar-refractivity contribution is 6.43. The highest BCUT2D eigenvalue weighted by Gasteiger charge is 2.31. The molecule has 5 nitrogen and oxygen atoms in total. The Hall–Kier alpha value is -3.42. The van der Waals surface area contributed by atoms with Gasteiger partial charge in [0.25, 0.3) is 11.7 Å². The molecule has 162 valence electrons. The molecule has 0 aliphatic heterocycles. The summed E-state index contributed by atoms with van der Waals surface area (Å²) < 4.78 is 40.4. The minimum absolute atomic E-state index is 0.0955. The number of alkyl halides is 3. The zero-order chi connectivity index (χ0) is 22.9. The van der Waals surface area contributed by atoms with Crippen LogP contribution in [0.4, 0.5) is 13.2 Å². The minimum Gasteiger partial charge on any atom is -0.335 e. The van der Waals surface area contributed by atoms with Crippen LogP contribution in [0.3, 0.4) is 0 Å². The monoisotopic (exact) mass is 429 g/mol. The molecule has 0 saturated heterocycles. The molecule has 0 radical (unpaired) electrons. The van der Waals surface area contributed by atoms with Crippen LogP contribution in [0, 0.1) is 20.8 Å². The van der Waals surface area contributed by atoms with Gasteiger partial charge in [-0.25, -0.2) is 4.68 Å². The number of benzene rings is 2. The molecule has 0 N–H and O–H groups in total. The Bertz CT molecular complexity index is 1130. The molecule has 1 amide bonds. The van der Waals surface area contributed by atoms with Crippen LogP contribution in [-0.4, -0.2) is 33.4 Å². The third-order valence-electron chi connectivity index (χ3n) is 5.02. The van der Waals surface area contributed by atoms with Gasteiger partial charge in [-0.15, -0.1) is 0 Å². The molecule has 1 heterocycles. The van der Waals surface area contributed by atoms with Gasteiger partial charge < -0.3 is 4.90 Å². The summed E-state index contributed by atoms with van der Waals surface area (Å²) >= 11 is 0. The minimum atomic E-state index is -4.50. The molecule has 1 aromatic heterocycles. The van der Waals surface area contributed by atoms with Gasteiger partial charge in [-0.05, 0) is 44.5 Å². The quantitative estimate of drug-likeness (QED) is 0.438. The van der Waals surface area contributed by atoms with Gasteiger partial charge in [-0.2, -0.15) is 18.3 Å². The first-order valence-electron chi connectivity index (χ1n) is 9.58. The number of Topliss-reactive ketones (excluding diaryl/α,β-unsaturated/α-hetero) is 1. The number of aromatic nitrogens is 2. The number of likely N-dealkylation sites (N-methyl/N-ethyl adjacent to an activating group) is 1. The van der Waals surface area contributed by atoms with E-state index in [-0.39, 0.29) is 23.5 Å². The zero-order valence-electron chi connectivity index (χ0n) is 17.6. The maximum absolute atomic E-state index is 13.1. The first-order valence-corrected chi connectivity index (χ1v) is 9.58. The van der Waals surface area contributed by atoms with Crippen molar-refractivity contribution in [1.29, 1.82) is 0 Å². The Morgan fingerprint density at radius 3 is 2.29 bits per heavy atom. The summed E-state index contributed by atoms with van der Waals surface area (Å²) in [5, 5.41) is 4.22. The van der Waals surface area contributed by atoms with Gasteiger partial charge in [-0.1, -0.05) is 35.9 Å². The second-order valence-electron chi connectivity index (χ2n) is 7.48. The fraction of sp³-hybridized carbons (Fsp3) is 0.261. The summed E-state index contributed by atoms with van der Waals surface area (Å²) in [6.07, 6.45) is -4.50. The van der Waals surface area contributed by atoms with E-state index in [4.69, 9.17) is 0 Å². The Labute approximate surface area is 178 Å². The van der Waals surface area contributed by atoms with Gasteiger partial charge in [0.2, 0.25) is 0 Å². The van der Waals surface area contributed by atoms with E-state index >= 15 is 0 Å². The first kappa shape index (κ1) is 22.3. The fourth-order valence-corrected chi connectivity index (χ4v) is 3.36. The Balaban J connectivity index is 1.88. The average molecular weight is 429 g/mol. The van der Waals surface area contributed by atoms with Crippen LogP contribution in [0.25, 0.3) is 5.69 Å². The van der Waals surface area contributed by atoms with Crippen molar-refractivity contribution in [3.05, 3.63) is 82.2 Å². The maximum Gasteiger partial charge on any atom is 0.416 e. The van der Waals surface area contributed by atoms with Gasteiger partial charge in [0.15, 0.2) is 0 Å². The number of rotatable bonds is 5. The Morgan fingerprint density at radius 1 is 1.03 bits per heavy atom. The maximum atomic E-state index is 13.1. The van der Waals surface area contributed by atoms with Gasteiger partial charge in [0.05, 0.1) is 28.2 Å². The van der Waals surface area contributed by atoms with Crippen LogP contribution in [-0.2, 0) is 17.5 Å². The molecule has 0 fully saturated rings. The van der Waals surface area contributed by atoms with Crippen LogP contribution in [0.1, 0.15) is 38.4 Å². The van der Waals surface area contributed by atoms with E-state index in [0.29, 0.717) is 5.69 Å². The third kappa shape index (κ3) is 4.68. The molecule has 0 aliphatic rings. The SMILES string of the molecule is Cc1ccc(CN(C)C(=O)C(=O)c2c(C)nn(-c3cccc(C(F)(F)F)c3)c2C)cc1. The fourth-order valence-electron chi connectivity index (χ4n) is 3.36. The molecule has 31 heavy (non-hydrogen) atoms. The van der Waals surface area contributed by atoms with E-state index in [1.54, 1.807) is 13.8 Å². The predicted octanol–water partition coefficient (Wildman–Crippen LogP) is 4.66. The Morgan fingerprint density at radius 2 is 1.68 bits per heavy atom. The summed E-state index contributed by atoms with van der Waals surface area (Å²) in [5.74, 6) is -1.46. The van der Waals surface area contributed by atoms with Crippen molar-refractivity contribution in [2.75, 3.05) is 7.05 Å². The molecule has 3 aromatic rings. The van der Waals surface area contributed by atoms with Gasteiger partial charge in [0, 0.05) is 13.6 Å². The summed E-state index contributed by atoms with van der Waals surface area (Å²) in [6.45, 7) is 5.32. The number of halogens is 3. The molecule has 0 unspecified atom stereocenters. The number of amides is 1. The van der Waals surface area contributed by atoms with Gasteiger partial charge in [0.1, 0.15) is 0 Å². The Kier molecular flexibility index (Phi) is 6.01. The van der Waals surface area contributed by atoms with Crippen LogP contribution >= 0.6 is 0 Å². The first-order chi connectivity index (χ1) is 14.5. The number of ketones is 1. The van der Waals surface area contributed by atoms with Gasteiger partial charge in [-0.3, -0.25) is 9.59 Å². The lowest BCUT2D eigenvalue weighted by atomic mass is 10.1. The molecular weight excluding hydrogens is 407 g/mol. The van der Waals surface area contributed by atoms with Gasteiger partial charge >= 0.3 is 6.18 Å². The lowest BCUT2D eigenvalue weighted by Gasteiger charge is -2.16. The van der Waals surface area contributed by atoms with Crippen LogP contribution in [0.2, 0.25) is 0 Å². The van der Waals surface area contributed by atoms with E-state index in [1.165, 1.54) is 28.8 Å². The number of carbonyl (C=O) groups is 2. The lowest BCUT2D eigenvalue weighted by Crippen LogP contribution is -2.33. The number of hydrogen-bond acceptors (Lipinski definition) is 3. The number of nitrogens with zero attached hydrogens (tertiary/aromatic N) is 3. The number of carbonyl (C=O) groups excluding carboxylic acids is 2. The van der Waals surface area contributed by atoms with Crippen molar-refractivity contribution in [2.24, 2.45) is 0 Å². The van der Waals surface area contributed by atoms with Crippen molar-refractivity contribution >= 4 is 11.7 Å². The summed E-state index contributed by atoms with van der Waals surface area (Å²) in [6, 6.07) is 12.3. The largest absolute Gasteiger partial charge is 0.416 e. The van der Waals surface area contributed by atoms with E-state index < -0.39 is 23.4 Å². The normalized spacial score (nSPS) is 11.5. The van der Waals surface area contributed by atoms with Crippen molar-refractivity contribution < 1.29 is 22.8 Å². The third-order valence-corrected chi connectivity index (χ3v) is 5.02. The zero-order valence-corrected chi connectivity index (χ0v) is 17.6. The van der Waals surface area contributed by atoms with E-state index in [9.17, 15) is 22.8 Å². The van der Waals surface area contributed by atoms with Crippen LogP contribution in [0.15, 0.2) is 48.5 Å². The molecular formula is C23H22F3N3O2. The van der Waals surface area contributed by atoms with E-state index in [1.807, 2.05) is 31.2 Å². The molecule has 0 saturated carbocycles. The molecule has 0 bridgehead atoms. The summed E-state index contributed by atoms with van der Waals surface area (Å²) in [7, 11) is 1.53. The highest BCUT2D eigenvalue weighted by Crippen LogP contribution is 2.31.